The third-order valence-corrected chi connectivity index (χ3v) is 4.17. The minimum atomic E-state index is 0.0660. The Kier molecular flexibility index (Phi) is 5.56. The molecule has 5 heteroatoms. The number of anilines is 1. The van der Waals surface area contributed by atoms with Crippen molar-refractivity contribution in [2.75, 3.05) is 39.0 Å². The number of hydrogen-bond acceptors (Lipinski definition) is 4. The number of aromatic nitrogens is 1. The number of carbonyl (C=O) groups excluding carboxylic acids is 1. The zero-order chi connectivity index (χ0) is 15.2. The first-order valence-electron chi connectivity index (χ1n) is 7.77. The number of likely N-dealkylation sites (tertiary alicyclic amines) is 1. The second-order valence-electron chi connectivity index (χ2n) is 5.80. The van der Waals surface area contributed by atoms with Crippen molar-refractivity contribution in [3.05, 3.63) is 24.0 Å². The predicted molar refractivity (Wildman–Crippen MR) is 85.6 cm³/mol. The van der Waals surface area contributed by atoms with Gasteiger partial charge in [0.05, 0.1) is 11.3 Å². The van der Waals surface area contributed by atoms with E-state index in [2.05, 4.69) is 29.2 Å². The summed E-state index contributed by atoms with van der Waals surface area (Å²) in [4.78, 5) is 21.1. The lowest BCUT2D eigenvalue weighted by Gasteiger charge is -2.35. The number of piperidine rings is 1. The van der Waals surface area contributed by atoms with Gasteiger partial charge in [-0.1, -0.05) is 6.92 Å². The minimum absolute atomic E-state index is 0.0660. The molecule has 1 N–H and O–H groups in total. The molecule has 0 saturated carbocycles. The molecule has 0 bridgehead atoms. The number of rotatable bonds is 5. The number of nitrogens with zero attached hydrogens (tertiary/aromatic N) is 3. The van der Waals surface area contributed by atoms with Crippen LogP contribution in [0.3, 0.4) is 0 Å². The van der Waals surface area contributed by atoms with Crippen LogP contribution in [-0.4, -0.2) is 60.5 Å². The molecule has 0 radical (unpaired) electrons. The topological polar surface area (TPSA) is 48.5 Å². The fourth-order valence-corrected chi connectivity index (χ4v) is 2.72. The molecule has 1 amide bonds. The Balaban J connectivity index is 2.08. The number of nitrogens with one attached hydrogen (secondary N) is 1. The van der Waals surface area contributed by atoms with Gasteiger partial charge in [-0.3, -0.25) is 9.78 Å². The maximum absolute atomic E-state index is 12.7. The van der Waals surface area contributed by atoms with Crippen molar-refractivity contribution in [1.29, 1.82) is 0 Å². The van der Waals surface area contributed by atoms with Gasteiger partial charge in [0, 0.05) is 32.0 Å². The lowest BCUT2D eigenvalue weighted by Crippen LogP contribution is -2.44. The van der Waals surface area contributed by atoms with Gasteiger partial charge < -0.3 is 15.1 Å². The summed E-state index contributed by atoms with van der Waals surface area (Å²) in [6.07, 6.45) is 6.50. The molecule has 1 fully saturated rings. The Morgan fingerprint density at radius 2 is 2.19 bits per heavy atom. The summed E-state index contributed by atoms with van der Waals surface area (Å²) >= 11 is 0. The van der Waals surface area contributed by atoms with Crippen LogP contribution in [0.2, 0.25) is 0 Å². The molecular weight excluding hydrogens is 264 g/mol. The van der Waals surface area contributed by atoms with Crippen LogP contribution in [0.1, 0.15) is 36.5 Å². The molecular formula is C16H26N4O. The average molecular weight is 290 g/mol. The van der Waals surface area contributed by atoms with Gasteiger partial charge in [0.25, 0.3) is 5.91 Å². The lowest BCUT2D eigenvalue weighted by molar-refractivity contribution is 0.0660. The number of amides is 1. The number of carbonyl (C=O) groups is 1. The third-order valence-electron chi connectivity index (χ3n) is 4.17. The molecule has 0 aliphatic carbocycles. The Hall–Kier alpha value is -1.62. The SMILES string of the molecule is CCCNc1ccncc1C(=O)N(C)C1CCN(C)CC1. The predicted octanol–water partition coefficient (Wildman–Crippen LogP) is 2.07. The molecule has 0 spiro atoms. The zero-order valence-electron chi connectivity index (χ0n) is 13.3. The van der Waals surface area contributed by atoms with Crippen LogP contribution < -0.4 is 5.32 Å². The fourth-order valence-electron chi connectivity index (χ4n) is 2.72. The van der Waals surface area contributed by atoms with Crippen molar-refractivity contribution >= 4 is 11.6 Å². The molecule has 2 rings (SSSR count). The average Bonchev–Trinajstić information content (AvgIpc) is 2.52. The molecule has 0 aromatic carbocycles. The van der Waals surface area contributed by atoms with E-state index in [0.29, 0.717) is 11.6 Å². The first kappa shape index (κ1) is 15.8. The zero-order valence-corrected chi connectivity index (χ0v) is 13.3. The Morgan fingerprint density at radius 3 is 2.86 bits per heavy atom. The van der Waals surface area contributed by atoms with Crippen LogP contribution in [-0.2, 0) is 0 Å². The van der Waals surface area contributed by atoms with Gasteiger partial charge in [-0.25, -0.2) is 0 Å². The number of pyridine rings is 1. The monoisotopic (exact) mass is 290 g/mol. The van der Waals surface area contributed by atoms with Gasteiger partial charge in [-0.15, -0.1) is 0 Å². The van der Waals surface area contributed by atoms with Crippen LogP contribution >= 0.6 is 0 Å². The van der Waals surface area contributed by atoms with Crippen LogP contribution in [0.25, 0.3) is 0 Å². The van der Waals surface area contributed by atoms with E-state index >= 15 is 0 Å². The van der Waals surface area contributed by atoms with E-state index in [1.807, 2.05) is 18.0 Å². The summed E-state index contributed by atoms with van der Waals surface area (Å²) in [5.41, 5.74) is 1.56. The van der Waals surface area contributed by atoms with Crippen LogP contribution in [0.4, 0.5) is 5.69 Å². The second-order valence-corrected chi connectivity index (χ2v) is 5.80. The highest BCUT2D eigenvalue weighted by molar-refractivity contribution is 5.99. The standard InChI is InChI=1S/C16H26N4O/c1-4-8-18-15-5-9-17-12-14(15)16(21)20(3)13-6-10-19(2)11-7-13/h5,9,12-13H,4,6-8,10-11H2,1-3H3,(H,17,18). The van der Waals surface area contributed by atoms with Gasteiger partial charge >= 0.3 is 0 Å². The minimum Gasteiger partial charge on any atom is -0.384 e. The summed E-state index contributed by atoms with van der Waals surface area (Å²) < 4.78 is 0. The van der Waals surface area contributed by atoms with E-state index in [4.69, 9.17) is 0 Å². The van der Waals surface area contributed by atoms with Crippen molar-refractivity contribution < 1.29 is 4.79 Å². The van der Waals surface area contributed by atoms with Crippen LogP contribution in [0, 0.1) is 0 Å². The van der Waals surface area contributed by atoms with E-state index in [1.165, 1.54) is 0 Å². The van der Waals surface area contributed by atoms with E-state index in [0.717, 1.165) is 44.6 Å². The molecule has 2 heterocycles. The highest BCUT2D eigenvalue weighted by Gasteiger charge is 2.26. The van der Waals surface area contributed by atoms with E-state index in [1.54, 1.807) is 12.4 Å². The van der Waals surface area contributed by atoms with Crippen LogP contribution in [0.5, 0.6) is 0 Å². The molecule has 21 heavy (non-hydrogen) atoms. The van der Waals surface area contributed by atoms with Crippen molar-refractivity contribution in [3.8, 4) is 0 Å². The van der Waals surface area contributed by atoms with Gasteiger partial charge in [-0.05, 0) is 45.5 Å². The molecule has 1 aromatic rings. The highest BCUT2D eigenvalue weighted by atomic mass is 16.2. The molecule has 1 aromatic heterocycles. The Morgan fingerprint density at radius 1 is 1.48 bits per heavy atom. The fraction of sp³-hybridized carbons (Fsp3) is 0.625. The van der Waals surface area contributed by atoms with Crippen molar-refractivity contribution in [1.82, 2.24) is 14.8 Å². The quantitative estimate of drug-likeness (QED) is 0.902. The molecule has 1 aliphatic heterocycles. The third kappa shape index (κ3) is 3.94. The van der Waals surface area contributed by atoms with Crippen molar-refractivity contribution in [3.63, 3.8) is 0 Å². The van der Waals surface area contributed by atoms with E-state index in [-0.39, 0.29) is 5.91 Å². The highest BCUT2D eigenvalue weighted by Crippen LogP contribution is 2.20. The van der Waals surface area contributed by atoms with Gasteiger partial charge in [0.1, 0.15) is 0 Å². The van der Waals surface area contributed by atoms with E-state index < -0.39 is 0 Å². The second kappa shape index (κ2) is 7.41. The maximum Gasteiger partial charge on any atom is 0.257 e. The van der Waals surface area contributed by atoms with Gasteiger partial charge in [-0.2, -0.15) is 0 Å². The molecule has 0 atom stereocenters. The van der Waals surface area contributed by atoms with Crippen molar-refractivity contribution in [2.45, 2.75) is 32.2 Å². The Labute approximate surface area is 127 Å². The first-order valence-corrected chi connectivity index (χ1v) is 7.77. The molecule has 5 nitrogen and oxygen atoms in total. The normalized spacial score (nSPS) is 16.7. The summed E-state index contributed by atoms with van der Waals surface area (Å²) in [6.45, 7) is 5.08. The van der Waals surface area contributed by atoms with Gasteiger partial charge in [0.2, 0.25) is 0 Å². The molecule has 1 aliphatic rings. The van der Waals surface area contributed by atoms with Crippen LogP contribution in [0.15, 0.2) is 18.5 Å². The summed E-state index contributed by atoms with van der Waals surface area (Å²) in [5, 5.41) is 3.31. The van der Waals surface area contributed by atoms with Crippen molar-refractivity contribution in [2.24, 2.45) is 0 Å². The molecule has 116 valence electrons. The summed E-state index contributed by atoms with van der Waals surface area (Å²) in [7, 11) is 4.04. The molecule has 0 unspecified atom stereocenters. The first-order chi connectivity index (χ1) is 10.1. The van der Waals surface area contributed by atoms with Gasteiger partial charge in [0.15, 0.2) is 0 Å². The lowest BCUT2D eigenvalue weighted by atomic mass is 10.0. The summed E-state index contributed by atoms with van der Waals surface area (Å²) in [5.74, 6) is 0.0660. The smallest absolute Gasteiger partial charge is 0.257 e. The number of hydrogen-bond donors (Lipinski definition) is 1. The summed E-state index contributed by atoms with van der Waals surface area (Å²) in [6, 6.07) is 2.21. The largest absolute Gasteiger partial charge is 0.384 e. The Bertz CT molecular complexity index is 469. The van der Waals surface area contributed by atoms with E-state index in [9.17, 15) is 4.79 Å². The maximum atomic E-state index is 12.7. The molecule has 1 saturated heterocycles.